The fourth-order valence-electron chi connectivity index (χ4n) is 3.20. The Bertz CT molecular complexity index is 974. The number of hydrogen-bond donors (Lipinski definition) is 1. The fraction of sp³-hybridized carbons (Fsp3) is 0.391. The van der Waals surface area contributed by atoms with Crippen LogP contribution < -0.4 is 5.32 Å². The Morgan fingerprint density at radius 3 is 2.13 bits per heavy atom. The summed E-state index contributed by atoms with van der Waals surface area (Å²) in [5, 5.41) is 2.94. The van der Waals surface area contributed by atoms with Crippen molar-refractivity contribution in [2.45, 2.75) is 30.7 Å². The number of rotatable bonds is 11. The molecule has 0 unspecified atom stereocenters. The molecule has 8 heteroatoms. The summed E-state index contributed by atoms with van der Waals surface area (Å²) in [5.74, 6) is -0.230. The number of amides is 1. The largest absolute Gasteiger partial charge is 0.354 e. The topological polar surface area (TPSA) is 86.8 Å². The van der Waals surface area contributed by atoms with Crippen molar-refractivity contribution in [1.82, 2.24) is 14.5 Å². The molecular formula is C23H31N3O4S. The molecular weight excluding hydrogens is 414 g/mol. The van der Waals surface area contributed by atoms with E-state index in [9.17, 15) is 18.0 Å². The van der Waals surface area contributed by atoms with Crippen LogP contribution in [-0.2, 0) is 14.8 Å². The summed E-state index contributed by atoms with van der Waals surface area (Å²) in [6.45, 7) is 2.13. The van der Waals surface area contributed by atoms with Gasteiger partial charge >= 0.3 is 0 Å². The van der Waals surface area contributed by atoms with Crippen molar-refractivity contribution in [3.8, 4) is 0 Å². The molecule has 0 aliphatic carbocycles. The second kappa shape index (κ2) is 11.2. The van der Waals surface area contributed by atoms with E-state index in [2.05, 4.69) is 5.32 Å². The van der Waals surface area contributed by atoms with Gasteiger partial charge in [-0.1, -0.05) is 42.5 Å². The van der Waals surface area contributed by atoms with Crippen molar-refractivity contribution < 1.29 is 18.0 Å². The van der Waals surface area contributed by atoms with Gasteiger partial charge < -0.3 is 10.2 Å². The summed E-state index contributed by atoms with van der Waals surface area (Å²) in [7, 11) is 1.75. The molecule has 0 spiro atoms. The highest BCUT2D eigenvalue weighted by atomic mass is 32.2. The van der Waals surface area contributed by atoms with E-state index in [1.165, 1.54) is 42.5 Å². The number of likely N-dealkylation sites (N-methyl/N-ethyl adjacent to an activating group) is 1. The Morgan fingerprint density at radius 2 is 1.58 bits per heavy atom. The first kappa shape index (κ1) is 24.7. The van der Waals surface area contributed by atoms with Gasteiger partial charge in [-0.2, -0.15) is 0 Å². The van der Waals surface area contributed by atoms with Gasteiger partial charge in [-0.25, -0.2) is 12.7 Å². The molecule has 1 N–H and O–H groups in total. The minimum atomic E-state index is -3.67. The minimum Gasteiger partial charge on any atom is -0.354 e. The van der Waals surface area contributed by atoms with Gasteiger partial charge in [0.2, 0.25) is 15.9 Å². The molecule has 0 radical (unpaired) electrons. The van der Waals surface area contributed by atoms with Crippen molar-refractivity contribution in [1.29, 1.82) is 0 Å². The van der Waals surface area contributed by atoms with Gasteiger partial charge in [-0.3, -0.25) is 9.59 Å². The molecule has 0 aromatic heterocycles. The van der Waals surface area contributed by atoms with Gasteiger partial charge in [0.15, 0.2) is 5.78 Å². The number of nitrogens with zero attached hydrogens (tertiary/aromatic N) is 2. The van der Waals surface area contributed by atoms with Gasteiger partial charge in [0, 0.05) is 32.1 Å². The molecule has 0 saturated carbocycles. The smallest absolute Gasteiger partial charge is 0.242 e. The van der Waals surface area contributed by atoms with Gasteiger partial charge in [0.05, 0.1) is 10.9 Å². The number of hydrogen-bond acceptors (Lipinski definition) is 5. The fourth-order valence-corrected chi connectivity index (χ4v) is 4.41. The van der Waals surface area contributed by atoms with E-state index >= 15 is 0 Å². The second-order valence-corrected chi connectivity index (χ2v) is 9.75. The number of Topliss-reactive ketones (excluding diaryl/α,β-unsaturated/α-hetero) is 1. The summed E-state index contributed by atoms with van der Waals surface area (Å²) in [4.78, 5) is 25.8. The lowest BCUT2D eigenvalue weighted by molar-refractivity contribution is -0.121. The Hall–Kier alpha value is -2.55. The van der Waals surface area contributed by atoms with Crippen LogP contribution in [0.15, 0.2) is 59.5 Å². The Morgan fingerprint density at radius 1 is 0.968 bits per heavy atom. The van der Waals surface area contributed by atoms with Gasteiger partial charge in [0.25, 0.3) is 0 Å². The molecule has 1 amide bonds. The van der Waals surface area contributed by atoms with Gasteiger partial charge in [0.1, 0.15) is 0 Å². The van der Waals surface area contributed by atoms with Crippen LogP contribution in [0.1, 0.15) is 41.7 Å². The van der Waals surface area contributed by atoms with Crippen LogP contribution in [0.3, 0.4) is 0 Å². The minimum absolute atomic E-state index is 0.0613. The SMILES string of the molecule is CC(=O)c1ccc(S(=O)(=O)N(C)CCCC(=O)NC[C@H](c2ccccc2)N(C)C)cc1. The first-order valence-electron chi connectivity index (χ1n) is 10.2. The number of benzene rings is 2. The van der Waals surface area contributed by atoms with E-state index in [-0.39, 0.29) is 35.6 Å². The maximum absolute atomic E-state index is 12.7. The zero-order valence-corrected chi connectivity index (χ0v) is 19.4. The number of sulfonamides is 1. The number of carbonyl (C=O) groups is 2. The highest BCUT2D eigenvalue weighted by Crippen LogP contribution is 2.18. The molecule has 0 saturated heterocycles. The molecule has 0 aliphatic rings. The van der Waals surface area contributed by atoms with Crippen LogP contribution in [0.4, 0.5) is 0 Å². The van der Waals surface area contributed by atoms with E-state index in [1.54, 1.807) is 0 Å². The lowest BCUT2D eigenvalue weighted by Crippen LogP contribution is -2.35. The predicted octanol–water partition coefficient (Wildman–Crippen LogP) is 2.71. The standard InChI is InChI=1S/C23H31N3O4S/c1-18(27)19-12-14-21(15-13-19)31(29,30)26(4)16-8-11-23(28)24-17-22(25(2)3)20-9-6-5-7-10-20/h5-7,9-10,12-15,22H,8,11,16-17H2,1-4H3,(H,24,28)/t22-/m1/s1. The normalized spacial score (nSPS) is 12.7. The van der Waals surface area contributed by atoms with Crippen molar-refractivity contribution in [3.05, 3.63) is 65.7 Å². The van der Waals surface area contributed by atoms with E-state index < -0.39 is 10.0 Å². The van der Waals surface area contributed by atoms with E-state index in [0.29, 0.717) is 18.5 Å². The first-order valence-corrected chi connectivity index (χ1v) is 11.6. The number of nitrogens with one attached hydrogen (secondary N) is 1. The third-order valence-electron chi connectivity index (χ3n) is 5.15. The lowest BCUT2D eigenvalue weighted by atomic mass is 10.1. The van der Waals surface area contributed by atoms with Crippen molar-refractivity contribution in [2.24, 2.45) is 0 Å². The summed E-state index contributed by atoms with van der Waals surface area (Å²) in [6, 6.07) is 15.9. The first-order chi connectivity index (χ1) is 14.6. The molecule has 2 rings (SSSR count). The van der Waals surface area contributed by atoms with Gasteiger partial charge in [-0.05, 0) is 45.1 Å². The van der Waals surface area contributed by atoms with Crippen molar-refractivity contribution in [2.75, 3.05) is 34.2 Å². The van der Waals surface area contributed by atoms with Crippen LogP contribution in [0.25, 0.3) is 0 Å². The monoisotopic (exact) mass is 445 g/mol. The average Bonchev–Trinajstić information content (AvgIpc) is 2.74. The highest BCUT2D eigenvalue weighted by molar-refractivity contribution is 7.89. The summed E-state index contributed by atoms with van der Waals surface area (Å²) in [6.07, 6.45) is 0.642. The molecule has 31 heavy (non-hydrogen) atoms. The van der Waals surface area contributed by atoms with E-state index in [0.717, 1.165) is 5.56 Å². The van der Waals surface area contributed by atoms with E-state index in [1.807, 2.05) is 49.3 Å². The molecule has 168 valence electrons. The highest BCUT2D eigenvalue weighted by Gasteiger charge is 2.21. The molecule has 0 aliphatic heterocycles. The summed E-state index contributed by atoms with van der Waals surface area (Å²) < 4.78 is 26.6. The van der Waals surface area contributed by atoms with Gasteiger partial charge in [-0.15, -0.1) is 0 Å². The van der Waals surface area contributed by atoms with Crippen LogP contribution in [-0.4, -0.2) is 63.5 Å². The quantitative estimate of drug-likeness (QED) is 0.538. The molecule has 2 aromatic carbocycles. The second-order valence-electron chi connectivity index (χ2n) is 7.70. The Kier molecular flexibility index (Phi) is 8.91. The molecule has 2 aromatic rings. The number of carbonyl (C=O) groups excluding carboxylic acids is 2. The molecule has 0 fully saturated rings. The summed E-state index contributed by atoms with van der Waals surface area (Å²) >= 11 is 0. The molecule has 7 nitrogen and oxygen atoms in total. The molecule has 1 atom stereocenters. The maximum atomic E-state index is 12.7. The zero-order valence-electron chi connectivity index (χ0n) is 18.5. The predicted molar refractivity (Wildman–Crippen MR) is 121 cm³/mol. The van der Waals surface area contributed by atoms with Crippen LogP contribution in [0, 0.1) is 0 Å². The van der Waals surface area contributed by atoms with Crippen molar-refractivity contribution in [3.63, 3.8) is 0 Å². The summed E-state index contributed by atoms with van der Waals surface area (Å²) in [5.41, 5.74) is 1.58. The lowest BCUT2D eigenvalue weighted by Gasteiger charge is -2.25. The molecule has 0 bridgehead atoms. The number of ketones is 1. The average molecular weight is 446 g/mol. The van der Waals surface area contributed by atoms with Crippen LogP contribution >= 0.6 is 0 Å². The Labute approximate surface area is 185 Å². The molecule has 0 heterocycles. The third-order valence-corrected chi connectivity index (χ3v) is 7.02. The third kappa shape index (κ3) is 6.99. The zero-order chi connectivity index (χ0) is 23.0. The van der Waals surface area contributed by atoms with Crippen LogP contribution in [0.5, 0.6) is 0 Å². The maximum Gasteiger partial charge on any atom is 0.242 e. The van der Waals surface area contributed by atoms with E-state index in [4.69, 9.17) is 0 Å². The van der Waals surface area contributed by atoms with Crippen LogP contribution in [0.2, 0.25) is 0 Å². The Balaban J connectivity index is 1.84. The van der Waals surface area contributed by atoms with Crippen molar-refractivity contribution >= 4 is 21.7 Å².